The zero-order valence-electron chi connectivity index (χ0n) is 53.7. The Morgan fingerprint density at radius 2 is 1.09 bits per heavy atom. The number of aromatic nitrogens is 1. The Labute approximate surface area is 559 Å². The van der Waals surface area contributed by atoms with E-state index in [4.69, 9.17) is 40.3 Å². The third-order valence-electron chi connectivity index (χ3n) is 15.5. The van der Waals surface area contributed by atoms with Gasteiger partial charge in [-0.15, -0.1) is 0 Å². The van der Waals surface area contributed by atoms with E-state index in [1.807, 2.05) is 42.5 Å². The molecule has 0 saturated carbocycles. The molecule has 5 rings (SSSR count). The molecule has 520 valence electrons. The standard InChI is InChI=1S/C64H88ClN17O14/c1-35(2)28-47(56(89)77-46(14-8-26-73-64(69)70)61(94)82-27-9-15-51(82)60(93)74-36(3)62(95)96)79-55(88)45(22-23-52(84)85)76-54(87)44(13-7-25-72-63(67)68)75-59(92)50(34-83)81-58(91)49(32-39-10-6-24-71-33-39)80-57(90)48(31-37-17-20-42(65)21-18-37)78-53(86)43(66)30-38-16-19-40-11-4-5-12-41(40)29-38/h4-6,10-12,16-21,24,29,33,35-36,43-51,83H,7-9,13-15,22-23,25-28,30-32,34,66H2,1-3H3,(H,74,93)(H,75,92)(H,76,87)(H,77,89)(H,78,86)(H,79,88)(H,80,90)(H,81,91)(H,84,85)(H,95,96)(H4,67,68,72)(H4,69,70,73)/t36-,43+,44+,45-,46+,47+,48+,49+,50+,51+/m1/s1. The monoisotopic (exact) mass is 1350 g/mol. The normalized spacial score (nSPS) is 15.5. The maximum absolute atomic E-state index is 14.5. The number of likely N-dealkylation sites (tertiary alicyclic amines) is 1. The van der Waals surface area contributed by atoms with Crippen LogP contribution in [0.5, 0.6) is 0 Å². The van der Waals surface area contributed by atoms with E-state index in [2.05, 4.69) is 57.5 Å². The lowest BCUT2D eigenvalue weighted by atomic mass is 10.00. The number of aliphatic hydroxyl groups is 1. The number of pyridine rings is 1. The summed E-state index contributed by atoms with van der Waals surface area (Å²) >= 11 is 6.18. The molecule has 9 amide bonds. The Morgan fingerprint density at radius 3 is 1.67 bits per heavy atom. The minimum Gasteiger partial charge on any atom is -0.481 e. The lowest BCUT2D eigenvalue weighted by Crippen LogP contribution is -2.61. The number of fused-ring (bicyclic) bond motifs is 1. The van der Waals surface area contributed by atoms with E-state index in [-0.39, 0.29) is 95.3 Å². The van der Waals surface area contributed by atoms with Gasteiger partial charge in [0.25, 0.3) is 0 Å². The maximum Gasteiger partial charge on any atom is 0.325 e. The molecule has 0 spiro atoms. The second-order valence-corrected chi connectivity index (χ2v) is 24.2. The molecule has 0 aliphatic carbocycles. The molecule has 1 saturated heterocycles. The Hall–Kier alpha value is -10.0. The highest BCUT2D eigenvalue weighted by Crippen LogP contribution is 2.22. The minimum atomic E-state index is -1.84. The number of nitrogens with one attached hydrogen (secondary N) is 8. The van der Waals surface area contributed by atoms with Crippen molar-refractivity contribution in [1.29, 1.82) is 0 Å². The summed E-state index contributed by atoms with van der Waals surface area (Å²) in [6.07, 6.45) is 1.68. The van der Waals surface area contributed by atoms with Crippen LogP contribution in [0.2, 0.25) is 5.02 Å². The van der Waals surface area contributed by atoms with E-state index in [0.717, 1.165) is 16.3 Å². The van der Waals surface area contributed by atoms with Crippen LogP contribution in [0.25, 0.3) is 10.8 Å². The average Bonchev–Trinajstić information content (AvgIpc) is 1.62. The molecule has 0 unspecified atom stereocenters. The third kappa shape index (κ3) is 25.4. The SMILES string of the molecule is CC(C)C[C@H](NC(=O)[C@@H](CCC(=O)O)NC(=O)[C@H](CCCN=C(N)N)NC(=O)[C@H](CO)NC(=O)[C@H](Cc1cccnc1)NC(=O)[C@H](Cc1ccc(Cl)cc1)NC(=O)[C@@H](N)Cc1ccc2ccccc2c1)C(=O)N[C@@H](CCCN=C(N)N)C(=O)N1CCC[C@H]1C(=O)N[C@H](C)C(=O)O. The summed E-state index contributed by atoms with van der Waals surface area (Å²) in [4.78, 5) is 165. The number of hydrogen-bond acceptors (Lipinski definition) is 16. The van der Waals surface area contributed by atoms with Crippen molar-refractivity contribution in [3.05, 3.63) is 113 Å². The molecule has 31 nitrogen and oxygen atoms in total. The van der Waals surface area contributed by atoms with Gasteiger partial charge in [-0.2, -0.15) is 0 Å². The van der Waals surface area contributed by atoms with Gasteiger partial charge < -0.3 is 91.4 Å². The lowest BCUT2D eigenvalue weighted by molar-refractivity contribution is -0.144. The molecule has 21 N–H and O–H groups in total. The Bertz CT molecular complexity index is 3410. The van der Waals surface area contributed by atoms with Gasteiger partial charge in [0.2, 0.25) is 53.2 Å². The fraction of sp³-hybridized carbons (Fsp3) is 0.469. The summed E-state index contributed by atoms with van der Waals surface area (Å²) in [7, 11) is 0. The number of carbonyl (C=O) groups is 11. The minimum absolute atomic E-state index is 0.00747. The van der Waals surface area contributed by atoms with Gasteiger partial charge in [0, 0.05) is 56.3 Å². The Balaban J connectivity index is 1.37. The van der Waals surface area contributed by atoms with E-state index in [9.17, 15) is 68.1 Å². The number of amides is 9. The fourth-order valence-corrected chi connectivity index (χ4v) is 10.6. The third-order valence-corrected chi connectivity index (χ3v) is 15.8. The summed E-state index contributed by atoms with van der Waals surface area (Å²) in [6.45, 7) is 3.65. The molecular formula is C64H88ClN17O14. The van der Waals surface area contributed by atoms with E-state index in [1.54, 1.807) is 50.2 Å². The molecular weight excluding hydrogens is 1270 g/mol. The van der Waals surface area contributed by atoms with Gasteiger partial charge in [0.15, 0.2) is 11.9 Å². The molecule has 1 fully saturated rings. The molecule has 32 heteroatoms. The second-order valence-electron chi connectivity index (χ2n) is 23.7. The van der Waals surface area contributed by atoms with Crippen LogP contribution in [0.3, 0.4) is 0 Å². The number of nitrogens with two attached hydrogens (primary N) is 5. The highest BCUT2D eigenvalue weighted by molar-refractivity contribution is 6.30. The van der Waals surface area contributed by atoms with Crippen LogP contribution in [0, 0.1) is 5.92 Å². The number of rotatable bonds is 38. The second kappa shape index (κ2) is 38.4. The number of nitrogens with zero attached hydrogens (tertiary/aromatic N) is 4. The number of benzene rings is 3. The summed E-state index contributed by atoms with van der Waals surface area (Å²) in [5, 5.41) is 52.7. The van der Waals surface area contributed by atoms with Crippen molar-refractivity contribution in [2.45, 2.75) is 158 Å². The average molecular weight is 1350 g/mol. The zero-order chi connectivity index (χ0) is 70.6. The van der Waals surface area contributed by atoms with Crippen molar-refractivity contribution in [1.82, 2.24) is 52.4 Å². The number of aliphatic carboxylic acids is 2. The number of carboxylic acids is 2. The Morgan fingerprint density at radius 1 is 0.583 bits per heavy atom. The molecule has 0 bridgehead atoms. The van der Waals surface area contributed by atoms with Crippen molar-refractivity contribution < 1.29 is 68.1 Å². The van der Waals surface area contributed by atoms with Gasteiger partial charge >= 0.3 is 11.9 Å². The van der Waals surface area contributed by atoms with Gasteiger partial charge in [0.05, 0.1) is 12.6 Å². The molecule has 2 heterocycles. The predicted octanol–water partition coefficient (Wildman–Crippen LogP) is -1.77. The molecule has 3 aromatic carbocycles. The summed E-state index contributed by atoms with van der Waals surface area (Å²) < 4.78 is 0. The molecule has 1 aromatic heterocycles. The largest absolute Gasteiger partial charge is 0.481 e. The van der Waals surface area contributed by atoms with Gasteiger partial charge in [-0.05, 0) is 116 Å². The van der Waals surface area contributed by atoms with Crippen molar-refractivity contribution >= 4 is 99.4 Å². The summed E-state index contributed by atoms with van der Waals surface area (Å²) in [5.41, 5.74) is 30.4. The van der Waals surface area contributed by atoms with E-state index >= 15 is 0 Å². The number of carbonyl (C=O) groups excluding carboxylic acids is 9. The summed E-state index contributed by atoms with van der Waals surface area (Å²) in [6, 6.07) is 8.63. The number of guanidine groups is 2. The van der Waals surface area contributed by atoms with Crippen molar-refractivity contribution in [2.75, 3.05) is 26.2 Å². The van der Waals surface area contributed by atoms with Gasteiger partial charge in [-0.3, -0.25) is 67.7 Å². The predicted molar refractivity (Wildman–Crippen MR) is 355 cm³/mol. The fourth-order valence-electron chi connectivity index (χ4n) is 10.5. The van der Waals surface area contributed by atoms with E-state index < -0.39 is 145 Å². The maximum atomic E-state index is 14.5. The number of hydrogen-bond donors (Lipinski definition) is 16. The molecule has 1 aliphatic heterocycles. The first-order chi connectivity index (χ1) is 45.6. The smallest absolute Gasteiger partial charge is 0.325 e. The zero-order valence-corrected chi connectivity index (χ0v) is 54.5. The van der Waals surface area contributed by atoms with Crippen LogP contribution < -0.4 is 71.2 Å². The van der Waals surface area contributed by atoms with E-state index in [0.29, 0.717) is 22.6 Å². The topological polar surface area (TPSA) is 516 Å². The van der Waals surface area contributed by atoms with Crippen LogP contribution in [0.1, 0.15) is 95.2 Å². The van der Waals surface area contributed by atoms with Gasteiger partial charge in [0.1, 0.15) is 54.4 Å². The first kappa shape index (κ1) is 76.7. The molecule has 0 radical (unpaired) electrons. The first-order valence-corrected chi connectivity index (χ1v) is 31.8. The van der Waals surface area contributed by atoms with Crippen LogP contribution in [-0.2, 0) is 72.0 Å². The quantitative estimate of drug-likeness (QED) is 0.0134. The van der Waals surface area contributed by atoms with Crippen LogP contribution >= 0.6 is 11.6 Å². The molecule has 96 heavy (non-hydrogen) atoms. The van der Waals surface area contributed by atoms with Gasteiger partial charge in [-0.1, -0.05) is 86.1 Å². The van der Waals surface area contributed by atoms with Gasteiger partial charge in [-0.25, -0.2) is 0 Å². The van der Waals surface area contributed by atoms with Crippen LogP contribution in [-0.4, -0.2) is 189 Å². The highest BCUT2D eigenvalue weighted by Gasteiger charge is 2.40. The summed E-state index contributed by atoms with van der Waals surface area (Å²) in [5.74, 6) is -11.7. The van der Waals surface area contributed by atoms with E-state index in [1.165, 1.54) is 24.2 Å². The van der Waals surface area contributed by atoms with Crippen LogP contribution in [0.4, 0.5) is 0 Å². The number of carboxylic acid groups (broad SMARTS) is 2. The Kier molecular flexibility index (Phi) is 30.7. The van der Waals surface area contributed by atoms with Crippen molar-refractivity contribution in [3.8, 4) is 0 Å². The lowest BCUT2D eigenvalue weighted by Gasteiger charge is -2.31. The number of aliphatic hydroxyl groups excluding tert-OH is 1. The molecule has 10 atom stereocenters. The van der Waals surface area contributed by atoms with Crippen molar-refractivity contribution in [3.63, 3.8) is 0 Å². The van der Waals surface area contributed by atoms with Crippen LogP contribution in [0.15, 0.2) is 101 Å². The molecule has 1 aliphatic rings. The molecule has 4 aromatic rings. The number of aliphatic imine (C=N–C) groups is 2. The highest BCUT2D eigenvalue weighted by atomic mass is 35.5. The number of halogens is 1. The first-order valence-electron chi connectivity index (χ1n) is 31.4. The van der Waals surface area contributed by atoms with Crippen molar-refractivity contribution in [2.24, 2.45) is 44.6 Å².